The number of rotatable bonds is 4. The van der Waals surface area contributed by atoms with Gasteiger partial charge in [0.15, 0.2) is 0 Å². The Morgan fingerprint density at radius 1 is 1.47 bits per heavy atom. The fourth-order valence-corrected chi connectivity index (χ4v) is 2.29. The van der Waals surface area contributed by atoms with Gasteiger partial charge >= 0.3 is 12.0 Å². The Hall–Kier alpha value is -1.79. The number of carboxylic acid groups (broad SMARTS) is 1. The number of hydrogen-bond donors (Lipinski definition) is 2. The quantitative estimate of drug-likeness (QED) is 0.751. The van der Waals surface area contributed by atoms with Gasteiger partial charge in [0.1, 0.15) is 6.04 Å². The Balaban J connectivity index is 2.61. The molecule has 0 aromatic rings. The minimum absolute atomic E-state index is 0.143. The van der Waals surface area contributed by atoms with Gasteiger partial charge in [-0.3, -0.25) is 4.79 Å². The van der Waals surface area contributed by atoms with Crippen molar-refractivity contribution in [2.75, 3.05) is 27.2 Å². The van der Waals surface area contributed by atoms with Crippen LogP contribution in [-0.2, 0) is 9.59 Å². The van der Waals surface area contributed by atoms with E-state index in [1.54, 1.807) is 21.0 Å². The lowest BCUT2D eigenvalue weighted by Gasteiger charge is -2.28. The number of carbonyl (C=O) groups is 3. The van der Waals surface area contributed by atoms with E-state index in [0.29, 0.717) is 19.4 Å². The normalized spacial score (nSPS) is 19.9. The molecule has 0 saturated carbocycles. The van der Waals surface area contributed by atoms with Gasteiger partial charge in [0, 0.05) is 27.2 Å². The van der Waals surface area contributed by atoms with Gasteiger partial charge in [-0.15, -0.1) is 0 Å². The SMILES string of the molecule is CNC(=O)C(C)CN(C)C(=O)N1CCCC1C(=O)O. The van der Waals surface area contributed by atoms with Crippen LogP contribution in [0.1, 0.15) is 19.8 Å². The second-order valence-electron chi connectivity index (χ2n) is 4.87. The highest BCUT2D eigenvalue weighted by Gasteiger charge is 2.35. The summed E-state index contributed by atoms with van der Waals surface area (Å²) in [6.07, 6.45) is 1.18. The molecule has 0 aromatic heterocycles. The van der Waals surface area contributed by atoms with E-state index >= 15 is 0 Å². The average Bonchev–Trinajstić information content (AvgIpc) is 2.85. The molecular formula is C12H21N3O4. The summed E-state index contributed by atoms with van der Waals surface area (Å²) in [6.45, 7) is 2.44. The molecule has 1 rings (SSSR count). The van der Waals surface area contributed by atoms with Crippen LogP contribution in [0.15, 0.2) is 0 Å². The maximum atomic E-state index is 12.2. The number of likely N-dealkylation sites (tertiary alicyclic amines) is 1. The van der Waals surface area contributed by atoms with Gasteiger partial charge in [-0.25, -0.2) is 9.59 Å². The molecule has 0 spiro atoms. The Kier molecular flexibility index (Phi) is 5.14. The van der Waals surface area contributed by atoms with Gasteiger partial charge in [0.25, 0.3) is 0 Å². The summed E-state index contributed by atoms with van der Waals surface area (Å²) in [6, 6.07) is -1.08. The first-order chi connectivity index (χ1) is 8.88. The van der Waals surface area contributed by atoms with E-state index in [0.717, 1.165) is 0 Å². The van der Waals surface area contributed by atoms with Crippen molar-refractivity contribution in [3.8, 4) is 0 Å². The molecule has 1 saturated heterocycles. The lowest BCUT2D eigenvalue weighted by atomic mass is 10.1. The molecule has 3 amide bonds. The molecular weight excluding hydrogens is 250 g/mol. The third kappa shape index (κ3) is 3.59. The lowest BCUT2D eigenvalue weighted by Crippen LogP contribution is -2.48. The largest absolute Gasteiger partial charge is 0.480 e. The van der Waals surface area contributed by atoms with Gasteiger partial charge in [-0.05, 0) is 12.8 Å². The molecule has 1 heterocycles. The molecule has 0 aromatic carbocycles. The first kappa shape index (κ1) is 15.3. The number of hydrogen-bond acceptors (Lipinski definition) is 3. The van der Waals surface area contributed by atoms with Crippen molar-refractivity contribution in [2.45, 2.75) is 25.8 Å². The van der Waals surface area contributed by atoms with Crippen molar-refractivity contribution >= 4 is 17.9 Å². The minimum Gasteiger partial charge on any atom is -0.480 e. The van der Waals surface area contributed by atoms with Crippen LogP contribution in [-0.4, -0.2) is 66.0 Å². The van der Waals surface area contributed by atoms with Crippen molar-refractivity contribution in [1.29, 1.82) is 0 Å². The molecule has 7 heteroatoms. The van der Waals surface area contributed by atoms with Crippen LogP contribution in [0.3, 0.4) is 0 Å². The first-order valence-electron chi connectivity index (χ1n) is 6.34. The number of nitrogens with zero attached hydrogens (tertiary/aromatic N) is 2. The van der Waals surface area contributed by atoms with Crippen molar-refractivity contribution in [1.82, 2.24) is 15.1 Å². The highest BCUT2D eigenvalue weighted by Crippen LogP contribution is 2.19. The van der Waals surface area contributed by atoms with Gasteiger partial charge in [0.2, 0.25) is 5.91 Å². The summed E-state index contributed by atoms with van der Waals surface area (Å²) >= 11 is 0. The maximum Gasteiger partial charge on any atom is 0.326 e. The molecule has 7 nitrogen and oxygen atoms in total. The summed E-state index contributed by atoms with van der Waals surface area (Å²) in [5.74, 6) is -1.45. The fourth-order valence-electron chi connectivity index (χ4n) is 2.29. The number of carboxylic acids is 1. The number of aliphatic carboxylic acids is 1. The zero-order chi connectivity index (χ0) is 14.6. The van der Waals surface area contributed by atoms with Crippen molar-refractivity contribution in [2.24, 2.45) is 5.92 Å². The molecule has 0 radical (unpaired) electrons. The summed E-state index contributed by atoms with van der Waals surface area (Å²) in [5.41, 5.74) is 0. The highest BCUT2D eigenvalue weighted by atomic mass is 16.4. The van der Waals surface area contributed by atoms with E-state index in [2.05, 4.69) is 5.32 Å². The van der Waals surface area contributed by atoms with E-state index < -0.39 is 12.0 Å². The molecule has 108 valence electrons. The van der Waals surface area contributed by atoms with E-state index in [4.69, 9.17) is 5.11 Å². The van der Waals surface area contributed by atoms with Crippen molar-refractivity contribution in [3.05, 3.63) is 0 Å². The summed E-state index contributed by atoms with van der Waals surface area (Å²) in [7, 11) is 3.13. The van der Waals surface area contributed by atoms with Gasteiger partial charge in [-0.2, -0.15) is 0 Å². The van der Waals surface area contributed by atoms with E-state index in [-0.39, 0.29) is 24.4 Å². The molecule has 1 aliphatic heterocycles. The topological polar surface area (TPSA) is 90.0 Å². The Morgan fingerprint density at radius 3 is 2.63 bits per heavy atom. The molecule has 2 atom stereocenters. The minimum atomic E-state index is -0.974. The molecule has 19 heavy (non-hydrogen) atoms. The van der Waals surface area contributed by atoms with Crippen molar-refractivity contribution in [3.63, 3.8) is 0 Å². The zero-order valence-electron chi connectivity index (χ0n) is 11.5. The number of carbonyl (C=O) groups excluding carboxylic acids is 2. The second kappa shape index (κ2) is 6.40. The zero-order valence-corrected chi connectivity index (χ0v) is 11.5. The third-order valence-electron chi connectivity index (χ3n) is 3.35. The van der Waals surface area contributed by atoms with Crippen LogP contribution >= 0.6 is 0 Å². The molecule has 2 N–H and O–H groups in total. The Bertz CT molecular complexity index is 372. The average molecular weight is 271 g/mol. The van der Waals surface area contributed by atoms with E-state index in [9.17, 15) is 14.4 Å². The predicted molar refractivity (Wildman–Crippen MR) is 68.6 cm³/mol. The molecule has 1 fully saturated rings. The summed E-state index contributed by atoms with van der Waals surface area (Å²) in [5, 5.41) is 11.6. The summed E-state index contributed by atoms with van der Waals surface area (Å²) in [4.78, 5) is 37.4. The fraction of sp³-hybridized carbons (Fsp3) is 0.750. The van der Waals surface area contributed by atoms with Crippen LogP contribution in [0, 0.1) is 5.92 Å². The first-order valence-corrected chi connectivity index (χ1v) is 6.34. The van der Waals surface area contributed by atoms with E-state index in [1.165, 1.54) is 9.80 Å². The number of nitrogens with one attached hydrogen (secondary N) is 1. The van der Waals surface area contributed by atoms with Gasteiger partial charge in [0.05, 0.1) is 5.92 Å². The van der Waals surface area contributed by atoms with Gasteiger partial charge in [-0.1, -0.05) is 6.92 Å². The molecule has 0 aliphatic carbocycles. The Labute approximate surface area is 112 Å². The summed E-state index contributed by atoms with van der Waals surface area (Å²) < 4.78 is 0. The van der Waals surface area contributed by atoms with Crippen LogP contribution in [0.5, 0.6) is 0 Å². The predicted octanol–water partition coefficient (Wildman–Crippen LogP) is -0.0307. The standard InChI is InChI=1S/C12H21N3O4/c1-8(10(16)13-2)7-14(3)12(19)15-6-4-5-9(15)11(17)18/h8-9H,4-7H2,1-3H3,(H,13,16)(H,17,18). The molecule has 0 bridgehead atoms. The lowest BCUT2D eigenvalue weighted by molar-refractivity contribution is -0.141. The van der Waals surface area contributed by atoms with E-state index in [1.807, 2.05) is 0 Å². The van der Waals surface area contributed by atoms with Crippen molar-refractivity contribution < 1.29 is 19.5 Å². The molecule has 2 unspecified atom stereocenters. The highest BCUT2D eigenvalue weighted by molar-refractivity contribution is 5.84. The van der Waals surface area contributed by atoms with Crippen LogP contribution in [0.25, 0.3) is 0 Å². The molecule has 1 aliphatic rings. The second-order valence-corrected chi connectivity index (χ2v) is 4.87. The van der Waals surface area contributed by atoms with Crippen LogP contribution in [0.4, 0.5) is 4.79 Å². The smallest absolute Gasteiger partial charge is 0.326 e. The number of amides is 3. The third-order valence-corrected chi connectivity index (χ3v) is 3.35. The van der Waals surface area contributed by atoms with Gasteiger partial charge < -0.3 is 20.2 Å². The maximum absolute atomic E-state index is 12.2. The van der Waals surface area contributed by atoms with Crippen LogP contribution in [0.2, 0.25) is 0 Å². The number of urea groups is 1. The van der Waals surface area contributed by atoms with Crippen LogP contribution < -0.4 is 5.32 Å². The Morgan fingerprint density at radius 2 is 2.11 bits per heavy atom. The monoisotopic (exact) mass is 271 g/mol.